The number of nitrogens with one attached hydrogen (secondary N) is 1. The number of benzene rings is 2. The number of amides is 2. The van der Waals surface area contributed by atoms with Crippen LogP contribution in [0.5, 0.6) is 0 Å². The van der Waals surface area contributed by atoms with Gasteiger partial charge in [-0.05, 0) is 120 Å². The Balaban J connectivity index is 1.24. The van der Waals surface area contributed by atoms with E-state index in [0.29, 0.717) is 69.4 Å². The molecule has 0 bridgehead atoms. The van der Waals surface area contributed by atoms with Crippen molar-refractivity contribution < 1.29 is 37.4 Å². The molecule has 3 aliphatic rings. The lowest BCUT2D eigenvalue weighted by Crippen LogP contribution is -2.58. The lowest BCUT2D eigenvalue weighted by atomic mass is 9.69. The van der Waals surface area contributed by atoms with Crippen molar-refractivity contribution in [3.8, 4) is 0 Å². The van der Waals surface area contributed by atoms with Gasteiger partial charge in [0.05, 0.1) is 42.3 Å². The van der Waals surface area contributed by atoms with Crippen LogP contribution in [-0.4, -0.2) is 78.0 Å². The van der Waals surface area contributed by atoms with E-state index in [1.807, 2.05) is 27.7 Å². The number of ether oxygens (including phenoxy) is 3. The van der Waals surface area contributed by atoms with Crippen LogP contribution in [0, 0.1) is 30.4 Å². The van der Waals surface area contributed by atoms with E-state index >= 15 is 0 Å². The number of likely N-dealkylation sites (tertiary alicyclic amines) is 1. The predicted octanol–water partition coefficient (Wildman–Crippen LogP) is 7.23. The van der Waals surface area contributed by atoms with Crippen LogP contribution in [0.4, 0.5) is 13.6 Å². The van der Waals surface area contributed by atoms with Gasteiger partial charge >= 0.3 is 12.0 Å². The second-order valence-electron chi connectivity index (χ2n) is 15.1. The minimum Gasteiger partial charge on any atom is -0.466 e. The molecule has 2 aromatic carbocycles. The number of piperidine rings is 1. The van der Waals surface area contributed by atoms with Crippen molar-refractivity contribution in [3.05, 3.63) is 70.9 Å². The zero-order valence-electron chi connectivity index (χ0n) is 31.1. The maximum atomic E-state index is 14.8. The van der Waals surface area contributed by atoms with Crippen LogP contribution in [0.2, 0.25) is 0 Å². The van der Waals surface area contributed by atoms with Gasteiger partial charge in [-0.15, -0.1) is 0 Å². The fourth-order valence-electron chi connectivity index (χ4n) is 8.92. The lowest BCUT2D eigenvalue weighted by Gasteiger charge is -2.46. The summed E-state index contributed by atoms with van der Waals surface area (Å²) >= 11 is 0. The first-order chi connectivity index (χ1) is 24.9. The van der Waals surface area contributed by atoms with Gasteiger partial charge in [-0.25, -0.2) is 13.6 Å². The van der Waals surface area contributed by atoms with Crippen LogP contribution in [0.15, 0.2) is 42.5 Å². The SMILES string of the molecule is CCOC(=O)[C@H]1CC[C@H](NC(=O)[C@@]2(c3ccc(F)cc3)CCN(C(=O)n3c(C)c(C[C@H]4CC[C@H](OCC)CO4)c4ccc(F)cc43)[C@@H](C)C2)[C@@H](C)C1. The number of nitrogens with zero attached hydrogens (tertiary/aromatic N) is 2. The van der Waals surface area contributed by atoms with Crippen molar-refractivity contribution in [3.63, 3.8) is 0 Å². The van der Waals surface area contributed by atoms with Crippen LogP contribution in [0.3, 0.4) is 0 Å². The average molecular weight is 722 g/mol. The Morgan fingerprint density at radius 3 is 2.38 bits per heavy atom. The van der Waals surface area contributed by atoms with Gasteiger partial charge < -0.3 is 24.4 Å². The van der Waals surface area contributed by atoms with Crippen molar-refractivity contribution in [1.29, 1.82) is 0 Å². The summed E-state index contributed by atoms with van der Waals surface area (Å²) in [7, 11) is 0. The molecule has 2 amide bonds. The molecule has 7 atom stereocenters. The molecule has 2 saturated heterocycles. The molecule has 3 aromatic rings. The van der Waals surface area contributed by atoms with E-state index in [4.69, 9.17) is 14.2 Å². The van der Waals surface area contributed by atoms with Crippen molar-refractivity contribution in [2.75, 3.05) is 26.4 Å². The largest absolute Gasteiger partial charge is 0.466 e. The van der Waals surface area contributed by atoms with Crippen molar-refractivity contribution in [2.24, 2.45) is 11.8 Å². The molecule has 0 radical (unpaired) electrons. The third-order valence-electron chi connectivity index (χ3n) is 11.8. The molecule has 282 valence electrons. The Morgan fingerprint density at radius 2 is 1.73 bits per heavy atom. The highest BCUT2D eigenvalue weighted by Gasteiger charge is 2.48. The first-order valence-electron chi connectivity index (χ1n) is 19.0. The van der Waals surface area contributed by atoms with Crippen molar-refractivity contribution >= 4 is 28.8 Å². The smallest absolute Gasteiger partial charge is 0.329 e. The van der Waals surface area contributed by atoms with Gasteiger partial charge in [-0.3, -0.25) is 14.2 Å². The molecular weight excluding hydrogens is 668 g/mol. The van der Waals surface area contributed by atoms with Gasteiger partial charge in [0.1, 0.15) is 11.6 Å². The number of carbonyl (C=O) groups excluding carboxylic acids is 3. The standard InChI is InChI=1S/C41H53F2N3O6/c1-6-50-33-15-14-32(52-24-33)22-35-27(5)46(37-21-31(43)13-16-34(35)37)40(49)45-19-18-41(23-26(45)4,29-9-11-30(42)12-10-29)39(48)44-36-17-8-28(20-25(36)3)38(47)51-7-2/h9-13,16,21,25-26,28,32-33,36H,6-8,14-15,17-20,22-24H2,1-5H3,(H,44,48)/t25-,26-,28-,32+,33-,36-,41-/m0/s1. The zero-order valence-corrected chi connectivity index (χ0v) is 31.1. The molecule has 6 rings (SSSR count). The van der Waals surface area contributed by atoms with E-state index in [9.17, 15) is 23.2 Å². The fourth-order valence-corrected chi connectivity index (χ4v) is 8.92. The maximum absolute atomic E-state index is 14.8. The summed E-state index contributed by atoms with van der Waals surface area (Å²) in [5.74, 6) is -1.29. The predicted molar refractivity (Wildman–Crippen MR) is 194 cm³/mol. The molecule has 1 aliphatic carbocycles. The van der Waals surface area contributed by atoms with Gasteiger partial charge in [0.25, 0.3) is 0 Å². The summed E-state index contributed by atoms with van der Waals surface area (Å²) < 4.78 is 47.7. The molecule has 52 heavy (non-hydrogen) atoms. The summed E-state index contributed by atoms with van der Waals surface area (Å²) in [5.41, 5.74) is 1.90. The lowest BCUT2D eigenvalue weighted by molar-refractivity contribution is -0.149. The van der Waals surface area contributed by atoms with Crippen LogP contribution >= 0.6 is 0 Å². The Hall–Kier alpha value is -3.83. The highest BCUT2D eigenvalue weighted by atomic mass is 19.1. The topological polar surface area (TPSA) is 99.1 Å². The fraction of sp³-hybridized carbons (Fsp3) is 0.585. The molecule has 0 unspecified atom stereocenters. The summed E-state index contributed by atoms with van der Waals surface area (Å²) in [4.78, 5) is 43.2. The van der Waals surface area contributed by atoms with E-state index in [0.717, 1.165) is 29.5 Å². The van der Waals surface area contributed by atoms with E-state index in [-0.39, 0.29) is 60.6 Å². The molecule has 3 fully saturated rings. The molecule has 9 nitrogen and oxygen atoms in total. The summed E-state index contributed by atoms with van der Waals surface area (Å²) in [5, 5.41) is 4.14. The minimum atomic E-state index is -1.01. The second-order valence-corrected chi connectivity index (χ2v) is 15.1. The van der Waals surface area contributed by atoms with E-state index in [1.54, 1.807) is 34.6 Å². The molecule has 1 saturated carbocycles. The third kappa shape index (κ3) is 7.62. The van der Waals surface area contributed by atoms with Gasteiger partial charge in [-0.2, -0.15) is 0 Å². The number of carbonyl (C=O) groups is 3. The van der Waals surface area contributed by atoms with Gasteiger partial charge in [0.2, 0.25) is 5.91 Å². The summed E-state index contributed by atoms with van der Waals surface area (Å²) in [6.07, 6.45) is 4.90. The number of hydrogen-bond acceptors (Lipinski definition) is 6. The van der Waals surface area contributed by atoms with Crippen LogP contribution < -0.4 is 5.32 Å². The summed E-state index contributed by atoms with van der Waals surface area (Å²) in [6, 6.07) is 9.89. The number of hydrogen-bond donors (Lipinski definition) is 1. The number of rotatable bonds is 9. The molecule has 11 heteroatoms. The maximum Gasteiger partial charge on any atom is 0.329 e. The van der Waals surface area contributed by atoms with Crippen LogP contribution in [0.1, 0.15) is 89.5 Å². The first-order valence-corrected chi connectivity index (χ1v) is 19.0. The Kier molecular flexibility index (Phi) is 11.7. The normalized spacial score (nSPS) is 28.1. The molecular formula is C41H53F2N3O6. The Bertz CT molecular complexity index is 1750. The monoisotopic (exact) mass is 721 g/mol. The second kappa shape index (κ2) is 16.0. The highest BCUT2D eigenvalue weighted by molar-refractivity contribution is 5.96. The number of fused-ring (bicyclic) bond motifs is 1. The average Bonchev–Trinajstić information content (AvgIpc) is 3.39. The quantitative estimate of drug-likeness (QED) is 0.234. The Morgan fingerprint density at radius 1 is 0.981 bits per heavy atom. The minimum absolute atomic E-state index is 0.0405. The molecule has 2 aliphatic heterocycles. The van der Waals surface area contributed by atoms with Crippen LogP contribution in [0.25, 0.3) is 10.9 Å². The third-order valence-corrected chi connectivity index (χ3v) is 11.8. The highest BCUT2D eigenvalue weighted by Crippen LogP contribution is 2.41. The molecule has 1 N–H and O–H groups in total. The van der Waals surface area contributed by atoms with Crippen LogP contribution in [-0.2, 0) is 35.6 Å². The van der Waals surface area contributed by atoms with Gasteiger partial charge in [0, 0.05) is 42.7 Å². The Labute approximate surface area is 305 Å². The molecule has 0 spiro atoms. The van der Waals surface area contributed by atoms with E-state index in [1.165, 1.54) is 24.3 Å². The first kappa shape index (κ1) is 37.9. The van der Waals surface area contributed by atoms with E-state index in [2.05, 4.69) is 5.32 Å². The zero-order chi connectivity index (χ0) is 37.2. The number of halogens is 2. The van der Waals surface area contributed by atoms with Gasteiger partial charge in [0.15, 0.2) is 0 Å². The number of esters is 1. The van der Waals surface area contributed by atoms with Gasteiger partial charge in [-0.1, -0.05) is 19.1 Å². The van der Waals surface area contributed by atoms with Crippen molar-refractivity contribution in [2.45, 2.75) is 116 Å². The summed E-state index contributed by atoms with van der Waals surface area (Å²) in [6.45, 7) is 11.4. The molecule has 3 heterocycles. The molecule has 1 aromatic heterocycles. The number of aromatic nitrogens is 1. The van der Waals surface area contributed by atoms with Crippen molar-refractivity contribution in [1.82, 2.24) is 14.8 Å². The van der Waals surface area contributed by atoms with E-state index < -0.39 is 17.0 Å².